The lowest BCUT2D eigenvalue weighted by atomic mass is 10.1. The average Bonchev–Trinajstić information content (AvgIpc) is 2.46. The van der Waals surface area contributed by atoms with Crippen molar-refractivity contribution >= 4 is 27.6 Å². The molecule has 5 nitrogen and oxygen atoms in total. The summed E-state index contributed by atoms with van der Waals surface area (Å²) in [6, 6.07) is 7.11. The lowest BCUT2D eigenvalue weighted by Gasteiger charge is -2.36. The zero-order chi connectivity index (χ0) is 13.8. The van der Waals surface area contributed by atoms with E-state index in [1.807, 2.05) is 17.0 Å². The molecule has 1 aliphatic heterocycles. The smallest absolute Gasteiger partial charge is 0.330 e. The van der Waals surface area contributed by atoms with Crippen LogP contribution >= 0.6 is 15.9 Å². The van der Waals surface area contributed by atoms with Gasteiger partial charge in [-0.15, -0.1) is 0 Å². The maximum Gasteiger partial charge on any atom is 0.330 e. The predicted molar refractivity (Wildman–Crippen MR) is 72.8 cm³/mol. The number of hydrogen-bond donors (Lipinski definition) is 0. The van der Waals surface area contributed by atoms with E-state index < -0.39 is 6.04 Å². The Morgan fingerprint density at radius 2 is 2.42 bits per heavy atom. The van der Waals surface area contributed by atoms with E-state index in [0.717, 1.165) is 5.69 Å². The summed E-state index contributed by atoms with van der Waals surface area (Å²) in [4.78, 5) is 13.7. The summed E-state index contributed by atoms with van der Waals surface area (Å²) in [5.41, 5.74) is 1.23. The number of esters is 1. The van der Waals surface area contributed by atoms with Gasteiger partial charge in [0.15, 0.2) is 6.04 Å². The molecule has 1 atom stereocenters. The van der Waals surface area contributed by atoms with Crippen molar-refractivity contribution in [2.75, 3.05) is 31.8 Å². The first-order valence-electron chi connectivity index (χ1n) is 5.80. The molecule has 6 heteroatoms. The normalized spacial score (nSPS) is 18.8. The van der Waals surface area contributed by atoms with Gasteiger partial charge in [-0.05, 0) is 28.1 Å². The molecule has 0 N–H and O–H groups in total. The molecule has 0 radical (unpaired) electrons. The van der Waals surface area contributed by atoms with Crippen LogP contribution in [0.4, 0.5) is 5.69 Å². The fourth-order valence-electron chi connectivity index (χ4n) is 2.09. The van der Waals surface area contributed by atoms with Crippen molar-refractivity contribution in [2.24, 2.45) is 0 Å². The van der Waals surface area contributed by atoms with Crippen molar-refractivity contribution in [3.63, 3.8) is 0 Å². The Morgan fingerprint density at radius 3 is 3.11 bits per heavy atom. The molecule has 1 unspecified atom stereocenters. The molecule has 2 rings (SSSR count). The first kappa shape index (κ1) is 13.8. The summed E-state index contributed by atoms with van der Waals surface area (Å²) in [5, 5.41) is 9.26. The van der Waals surface area contributed by atoms with Gasteiger partial charge in [-0.3, -0.25) is 0 Å². The van der Waals surface area contributed by atoms with E-state index in [1.54, 1.807) is 6.07 Å². The van der Waals surface area contributed by atoms with Gasteiger partial charge in [-0.2, -0.15) is 5.26 Å². The number of ether oxygens (including phenoxy) is 2. The molecule has 1 aromatic rings. The zero-order valence-electron chi connectivity index (χ0n) is 10.4. The molecule has 1 aliphatic rings. The number of carbonyl (C=O) groups is 1. The molecule has 0 spiro atoms. The Morgan fingerprint density at radius 1 is 1.63 bits per heavy atom. The number of nitriles is 1. The molecule has 1 heterocycles. The molecular formula is C13H13BrN2O3. The van der Waals surface area contributed by atoms with Gasteiger partial charge < -0.3 is 14.4 Å². The van der Waals surface area contributed by atoms with E-state index in [-0.39, 0.29) is 12.6 Å². The van der Waals surface area contributed by atoms with Crippen molar-refractivity contribution in [1.82, 2.24) is 0 Å². The highest BCUT2D eigenvalue weighted by Crippen LogP contribution is 2.29. The molecule has 19 heavy (non-hydrogen) atoms. The van der Waals surface area contributed by atoms with Crippen LogP contribution in [-0.4, -0.2) is 38.9 Å². The molecule has 0 saturated carbocycles. The van der Waals surface area contributed by atoms with Crippen molar-refractivity contribution in [1.29, 1.82) is 5.26 Å². The zero-order valence-corrected chi connectivity index (χ0v) is 12.0. The van der Waals surface area contributed by atoms with Crippen LogP contribution in [0.2, 0.25) is 0 Å². The van der Waals surface area contributed by atoms with Crippen molar-refractivity contribution in [2.45, 2.75) is 6.04 Å². The number of nitrogens with zero attached hydrogens (tertiary/aromatic N) is 2. The third-order valence-corrected chi connectivity index (χ3v) is 3.68. The number of morpholine rings is 1. The predicted octanol–water partition coefficient (Wildman–Crippen LogP) is 1.70. The largest absolute Gasteiger partial charge is 0.467 e. The number of methoxy groups -OCH3 is 1. The average molecular weight is 325 g/mol. The van der Waals surface area contributed by atoms with Gasteiger partial charge in [-0.1, -0.05) is 6.07 Å². The Labute approximate surface area is 119 Å². The topological polar surface area (TPSA) is 62.6 Å². The van der Waals surface area contributed by atoms with Crippen LogP contribution in [0.3, 0.4) is 0 Å². The minimum absolute atomic E-state index is 0.268. The van der Waals surface area contributed by atoms with Crippen molar-refractivity contribution in [3.8, 4) is 6.07 Å². The second-order valence-electron chi connectivity index (χ2n) is 4.05. The summed E-state index contributed by atoms with van der Waals surface area (Å²) < 4.78 is 10.8. The molecule has 0 bridgehead atoms. The standard InChI is InChI=1S/C13H13BrN2O3/c1-18-13(17)12-8-19-6-5-16(12)11-4-2-3-10(14)9(11)7-15/h2-4,12H,5-6,8H2,1H3. The van der Waals surface area contributed by atoms with E-state index in [1.165, 1.54) is 7.11 Å². The van der Waals surface area contributed by atoms with Crippen LogP contribution in [0, 0.1) is 11.3 Å². The maximum atomic E-state index is 11.8. The molecule has 100 valence electrons. The highest BCUT2D eigenvalue weighted by molar-refractivity contribution is 9.10. The quantitative estimate of drug-likeness (QED) is 0.775. The fourth-order valence-corrected chi connectivity index (χ4v) is 2.53. The summed E-state index contributed by atoms with van der Waals surface area (Å²) in [6.45, 7) is 1.33. The van der Waals surface area contributed by atoms with Crippen LogP contribution in [0.5, 0.6) is 0 Å². The summed E-state index contributed by atoms with van der Waals surface area (Å²) in [7, 11) is 1.35. The van der Waals surface area contributed by atoms with E-state index in [2.05, 4.69) is 22.0 Å². The third kappa shape index (κ3) is 2.72. The lowest BCUT2D eigenvalue weighted by Crippen LogP contribution is -2.50. The molecule has 0 aromatic heterocycles. The van der Waals surface area contributed by atoms with Gasteiger partial charge in [0.25, 0.3) is 0 Å². The Balaban J connectivity index is 2.41. The highest BCUT2D eigenvalue weighted by Gasteiger charge is 2.32. The van der Waals surface area contributed by atoms with Crippen molar-refractivity contribution < 1.29 is 14.3 Å². The van der Waals surface area contributed by atoms with Gasteiger partial charge in [0.2, 0.25) is 0 Å². The fraction of sp³-hybridized carbons (Fsp3) is 0.385. The second kappa shape index (κ2) is 6.04. The Kier molecular flexibility index (Phi) is 4.40. The molecule has 1 saturated heterocycles. The molecule has 0 amide bonds. The van der Waals surface area contributed by atoms with Crippen LogP contribution < -0.4 is 4.90 Å². The molecular weight excluding hydrogens is 312 g/mol. The minimum atomic E-state index is -0.514. The molecule has 0 aliphatic carbocycles. The number of carbonyl (C=O) groups excluding carboxylic acids is 1. The van der Waals surface area contributed by atoms with E-state index in [0.29, 0.717) is 23.2 Å². The first-order valence-corrected chi connectivity index (χ1v) is 6.59. The van der Waals surface area contributed by atoms with Crippen LogP contribution in [0.1, 0.15) is 5.56 Å². The number of benzene rings is 1. The summed E-state index contributed by atoms with van der Waals surface area (Å²) in [5.74, 6) is -0.358. The Hall–Kier alpha value is -1.58. The lowest BCUT2D eigenvalue weighted by molar-refractivity contribution is -0.144. The number of anilines is 1. The van der Waals surface area contributed by atoms with Gasteiger partial charge in [0, 0.05) is 11.0 Å². The SMILES string of the molecule is COC(=O)C1COCCN1c1cccc(Br)c1C#N. The number of halogens is 1. The van der Waals surface area contributed by atoms with Crippen LogP contribution in [0.25, 0.3) is 0 Å². The molecule has 1 fully saturated rings. The highest BCUT2D eigenvalue weighted by atomic mass is 79.9. The van der Waals surface area contributed by atoms with Gasteiger partial charge in [-0.25, -0.2) is 4.79 Å². The van der Waals surface area contributed by atoms with Crippen LogP contribution in [-0.2, 0) is 14.3 Å². The number of hydrogen-bond acceptors (Lipinski definition) is 5. The number of rotatable bonds is 2. The van der Waals surface area contributed by atoms with Crippen molar-refractivity contribution in [3.05, 3.63) is 28.2 Å². The molecule has 1 aromatic carbocycles. The second-order valence-corrected chi connectivity index (χ2v) is 4.91. The first-order chi connectivity index (χ1) is 9.19. The minimum Gasteiger partial charge on any atom is -0.467 e. The van der Waals surface area contributed by atoms with E-state index in [4.69, 9.17) is 9.47 Å². The maximum absolute atomic E-state index is 11.8. The summed E-state index contributed by atoms with van der Waals surface area (Å²) in [6.07, 6.45) is 0. The van der Waals surface area contributed by atoms with E-state index in [9.17, 15) is 10.1 Å². The third-order valence-electron chi connectivity index (χ3n) is 3.01. The summed E-state index contributed by atoms with van der Waals surface area (Å²) >= 11 is 3.35. The monoisotopic (exact) mass is 324 g/mol. The van der Waals surface area contributed by atoms with Gasteiger partial charge in [0.05, 0.1) is 31.6 Å². The van der Waals surface area contributed by atoms with Gasteiger partial charge in [0.1, 0.15) is 6.07 Å². The van der Waals surface area contributed by atoms with E-state index >= 15 is 0 Å². The Bertz CT molecular complexity index is 527. The van der Waals surface area contributed by atoms with Crippen LogP contribution in [0.15, 0.2) is 22.7 Å². The van der Waals surface area contributed by atoms with Gasteiger partial charge >= 0.3 is 5.97 Å².